The summed E-state index contributed by atoms with van der Waals surface area (Å²) in [4.78, 5) is 4.25. The van der Waals surface area contributed by atoms with E-state index in [1.54, 1.807) is 18.2 Å². The molecule has 0 bridgehead atoms. The Morgan fingerprint density at radius 3 is 2.82 bits per heavy atom. The predicted molar refractivity (Wildman–Crippen MR) is 69.8 cm³/mol. The number of benzene rings is 1. The Bertz CT molecular complexity index is 508. The summed E-state index contributed by atoms with van der Waals surface area (Å²) >= 11 is 5.85. The van der Waals surface area contributed by atoms with Gasteiger partial charge in [0, 0.05) is 10.7 Å². The molecule has 0 aliphatic carbocycles. The first-order valence-corrected chi connectivity index (χ1v) is 5.43. The highest BCUT2D eigenvalue weighted by atomic mass is 35.5. The fraction of sp³-hybridized carbons (Fsp3) is 0.0833. The van der Waals surface area contributed by atoms with E-state index in [-0.39, 0.29) is 5.75 Å². The second-order valence-corrected chi connectivity index (χ2v) is 4.11. The van der Waals surface area contributed by atoms with Gasteiger partial charge in [0.2, 0.25) is 0 Å². The highest BCUT2D eigenvalue weighted by molar-refractivity contribution is 6.31. The first-order chi connectivity index (χ1) is 8.06. The van der Waals surface area contributed by atoms with Gasteiger partial charge >= 0.3 is 0 Å². The molecule has 0 radical (unpaired) electrons. The number of aromatic nitrogens is 1. The van der Waals surface area contributed by atoms with Crippen molar-refractivity contribution in [3.63, 3.8) is 0 Å². The molecule has 1 aromatic heterocycles. The SMILES string of the molecule is Cc1ccc(N)c(Nc2cc(Cl)ccc2O)n1. The molecule has 5 heteroatoms. The van der Waals surface area contributed by atoms with Crippen LogP contribution in [0.4, 0.5) is 17.2 Å². The molecule has 0 saturated heterocycles. The van der Waals surface area contributed by atoms with E-state index in [1.165, 1.54) is 6.07 Å². The summed E-state index contributed by atoms with van der Waals surface area (Å²) in [5.41, 5.74) is 7.61. The van der Waals surface area contributed by atoms with Crippen molar-refractivity contribution in [2.75, 3.05) is 11.1 Å². The van der Waals surface area contributed by atoms with E-state index in [0.717, 1.165) is 5.69 Å². The Hall–Kier alpha value is -1.94. The number of rotatable bonds is 2. The van der Waals surface area contributed by atoms with Crippen molar-refractivity contribution < 1.29 is 5.11 Å². The minimum absolute atomic E-state index is 0.0945. The quantitative estimate of drug-likeness (QED) is 0.716. The topological polar surface area (TPSA) is 71.2 Å². The van der Waals surface area contributed by atoms with Crippen molar-refractivity contribution >= 4 is 28.8 Å². The number of nitrogens with zero attached hydrogens (tertiary/aromatic N) is 1. The molecule has 0 unspecified atom stereocenters. The third-order valence-electron chi connectivity index (χ3n) is 2.28. The standard InChI is InChI=1S/C12H12ClN3O/c1-7-2-4-9(14)12(15-7)16-10-6-8(13)3-5-11(10)17/h2-6,17H,14H2,1H3,(H,15,16). The average molecular weight is 250 g/mol. The van der Waals surface area contributed by atoms with Crippen molar-refractivity contribution in [3.05, 3.63) is 41.0 Å². The summed E-state index contributed by atoms with van der Waals surface area (Å²) in [6.07, 6.45) is 0. The number of nitrogens with two attached hydrogens (primary N) is 1. The highest BCUT2D eigenvalue weighted by Gasteiger charge is 2.06. The molecule has 0 atom stereocenters. The lowest BCUT2D eigenvalue weighted by Gasteiger charge is -2.10. The van der Waals surface area contributed by atoms with Crippen molar-refractivity contribution in [3.8, 4) is 5.75 Å². The summed E-state index contributed by atoms with van der Waals surface area (Å²) in [5.74, 6) is 0.597. The molecule has 1 aromatic carbocycles. The summed E-state index contributed by atoms with van der Waals surface area (Å²) < 4.78 is 0. The zero-order valence-corrected chi connectivity index (χ0v) is 9.99. The van der Waals surface area contributed by atoms with Crippen LogP contribution in [0, 0.1) is 6.92 Å². The van der Waals surface area contributed by atoms with Gasteiger partial charge in [0.15, 0.2) is 5.82 Å². The number of aryl methyl sites for hydroxylation is 1. The van der Waals surface area contributed by atoms with E-state index in [1.807, 2.05) is 13.0 Å². The van der Waals surface area contributed by atoms with Gasteiger partial charge in [-0.25, -0.2) is 4.98 Å². The minimum atomic E-state index is 0.0945. The molecule has 2 aromatic rings. The van der Waals surface area contributed by atoms with Gasteiger partial charge in [0.1, 0.15) is 5.75 Å². The van der Waals surface area contributed by atoms with Gasteiger partial charge < -0.3 is 16.2 Å². The van der Waals surface area contributed by atoms with E-state index in [9.17, 15) is 5.11 Å². The zero-order chi connectivity index (χ0) is 12.4. The van der Waals surface area contributed by atoms with Crippen LogP contribution in [0.15, 0.2) is 30.3 Å². The fourth-order valence-corrected chi connectivity index (χ4v) is 1.58. The number of aromatic hydroxyl groups is 1. The Balaban J connectivity index is 2.37. The molecule has 0 aliphatic heterocycles. The maximum absolute atomic E-state index is 9.67. The van der Waals surface area contributed by atoms with Crippen LogP contribution in [-0.4, -0.2) is 10.1 Å². The number of anilines is 3. The first-order valence-electron chi connectivity index (χ1n) is 5.05. The second-order valence-electron chi connectivity index (χ2n) is 3.68. The number of hydrogen-bond donors (Lipinski definition) is 3. The lowest BCUT2D eigenvalue weighted by atomic mass is 10.2. The van der Waals surface area contributed by atoms with Crippen molar-refractivity contribution in [2.24, 2.45) is 0 Å². The smallest absolute Gasteiger partial charge is 0.153 e. The van der Waals surface area contributed by atoms with E-state index in [0.29, 0.717) is 22.2 Å². The van der Waals surface area contributed by atoms with Crippen LogP contribution in [0.5, 0.6) is 5.75 Å². The Kier molecular flexibility index (Phi) is 3.06. The summed E-state index contributed by atoms with van der Waals surface area (Å²) in [7, 11) is 0. The lowest BCUT2D eigenvalue weighted by Crippen LogP contribution is -2.00. The van der Waals surface area contributed by atoms with Gasteiger partial charge in [-0.05, 0) is 37.3 Å². The summed E-state index contributed by atoms with van der Waals surface area (Å²) in [5, 5.41) is 13.1. The summed E-state index contributed by atoms with van der Waals surface area (Å²) in [6, 6.07) is 8.30. The van der Waals surface area contributed by atoms with E-state index in [4.69, 9.17) is 17.3 Å². The largest absolute Gasteiger partial charge is 0.506 e. The molecule has 0 fully saturated rings. The molecule has 4 nitrogen and oxygen atoms in total. The maximum atomic E-state index is 9.67. The highest BCUT2D eigenvalue weighted by Crippen LogP contribution is 2.30. The van der Waals surface area contributed by atoms with E-state index < -0.39 is 0 Å². The molecule has 0 saturated carbocycles. The Morgan fingerprint density at radius 1 is 1.29 bits per heavy atom. The maximum Gasteiger partial charge on any atom is 0.153 e. The van der Waals surface area contributed by atoms with Crippen LogP contribution in [-0.2, 0) is 0 Å². The number of hydrogen-bond acceptors (Lipinski definition) is 4. The van der Waals surface area contributed by atoms with Crippen molar-refractivity contribution in [1.82, 2.24) is 4.98 Å². The number of phenols is 1. The number of pyridine rings is 1. The average Bonchev–Trinajstić information content (AvgIpc) is 2.28. The summed E-state index contributed by atoms with van der Waals surface area (Å²) in [6.45, 7) is 1.86. The van der Waals surface area contributed by atoms with Crippen LogP contribution in [0.2, 0.25) is 5.02 Å². The van der Waals surface area contributed by atoms with Crippen LogP contribution >= 0.6 is 11.6 Å². The van der Waals surface area contributed by atoms with Gasteiger partial charge in [0.05, 0.1) is 11.4 Å². The molecule has 88 valence electrons. The van der Waals surface area contributed by atoms with E-state index in [2.05, 4.69) is 10.3 Å². The molecule has 0 amide bonds. The van der Waals surface area contributed by atoms with Crippen molar-refractivity contribution in [2.45, 2.75) is 6.92 Å². The molecular formula is C12H12ClN3O. The van der Waals surface area contributed by atoms with Crippen LogP contribution < -0.4 is 11.1 Å². The Labute approximate surface area is 104 Å². The van der Waals surface area contributed by atoms with Gasteiger partial charge in [-0.15, -0.1) is 0 Å². The minimum Gasteiger partial charge on any atom is -0.506 e. The molecule has 1 heterocycles. The normalized spacial score (nSPS) is 10.2. The van der Waals surface area contributed by atoms with Gasteiger partial charge in [-0.3, -0.25) is 0 Å². The van der Waals surface area contributed by atoms with Crippen LogP contribution in [0.1, 0.15) is 5.69 Å². The molecule has 2 rings (SSSR count). The van der Waals surface area contributed by atoms with Crippen LogP contribution in [0.3, 0.4) is 0 Å². The molecule has 17 heavy (non-hydrogen) atoms. The third-order valence-corrected chi connectivity index (χ3v) is 2.51. The molecule has 0 spiro atoms. The number of phenolic OH excluding ortho intramolecular Hbond substituents is 1. The fourth-order valence-electron chi connectivity index (χ4n) is 1.40. The van der Waals surface area contributed by atoms with Crippen molar-refractivity contribution in [1.29, 1.82) is 0 Å². The molecule has 0 aliphatic rings. The van der Waals surface area contributed by atoms with E-state index >= 15 is 0 Å². The molecule has 4 N–H and O–H groups in total. The van der Waals surface area contributed by atoms with Gasteiger partial charge in [-0.2, -0.15) is 0 Å². The first kappa shape index (κ1) is 11.5. The second kappa shape index (κ2) is 4.51. The monoisotopic (exact) mass is 249 g/mol. The molecular weight excluding hydrogens is 238 g/mol. The number of nitrogen functional groups attached to an aromatic ring is 1. The Morgan fingerprint density at radius 2 is 2.06 bits per heavy atom. The number of nitrogens with one attached hydrogen (secondary N) is 1. The van der Waals surface area contributed by atoms with Gasteiger partial charge in [-0.1, -0.05) is 11.6 Å². The number of halogens is 1. The van der Waals surface area contributed by atoms with Crippen LogP contribution in [0.25, 0.3) is 0 Å². The predicted octanol–water partition coefficient (Wildman–Crippen LogP) is 3.07. The lowest BCUT2D eigenvalue weighted by molar-refractivity contribution is 0.477. The third kappa shape index (κ3) is 2.60. The van der Waals surface area contributed by atoms with Gasteiger partial charge in [0.25, 0.3) is 0 Å². The zero-order valence-electron chi connectivity index (χ0n) is 9.24.